The number of alkyl halides is 4. The predicted molar refractivity (Wildman–Crippen MR) is 132 cm³/mol. The molecule has 0 saturated carbocycles. The molecular weight excluding hydrogens is 577 g/mol. The van der Waals surface area contributed by atoms with Crippen molar-refractivity contribution >= 4 is 11.6 Å². The Morgan fingerprint density at radius 2 is 1.90 bits per heavy atom. The van der Waals surface area contributed by atoms with Crippen LogP contribution in [-0.2, 0) is 4.74 Å². The largest absolute Gasteiger partial charge is 0.618 e. The molecular formula is C24H19ClF5N9O2. The van der Waals surface area contributed by atoms with Gasteiger partial charge in [-0.15, -0.1) is 5.10 Å². The quantitative estimate of drug-likeness (QED) is 0.132. The standard InChI is InChI=1S/C24H19ClF5N9O2/c1-13-31-12-38(34-13)15-8-32-36(10-15)18(6-7-41-24(29)30)19-4-2-14(9-39(19)40)21-20(5-3-16(25)22(21)26)37-11-17(23(27)28)33-35-37/h2-5,8-12,18,23-24H,6-7H2,1H3/t18-/m1/s1. The van der Waals surface area contributed by atoms with Crippen molar-refractivity contribution < 1.29 is 31.4 Å². The van der Waals surface area contributed by atoms with Gasteiger partial charge in [0.2, 0.25) is 5.69 Å². The number of halogens is 6. The zero-order chi connectivity index (χ0) is 29.3. The normalized spacial score (nSPS) is 12.5. The molecule has 5 rings (SSSR count). The lowest BCUT2D eigenvalue weighted by molar-refractivity contribution is -0.615. The monoisotopic (exact) mass is 595 g/mol. The first kappa shape index (κ1) is 28.1. The highest BCUT2D eigenvalue weighted by atomic mass is 35.5. The first-order valence-corrected chi connectivity index (χ1v) is 12.2. The van der Waals surface area contributed by atoms with E-state index >= 15 is 4.39 Å². The second kappa shape index (κ2) is 11.6. The van der Waals surface area contributed by atoms with Crippen LogP contribution in [0.25, 0.3) is 22.5 Å². The van der Waals surface area contributed by atoms with E-state index in [0.29, 0.717) is 16.2 Å². The third kappa shape index (κ3) is 5.88. The van der Waals surface area contributed by atoms with Crippen LogP contribution in [0.15, 0.2) is 55.4 Å². The second-order valence-electron chi connectivity index (χ2n) is 8.66. The van der Waals surface area contributed by atoms with Crippen LogP contribution in [0.2, 0.25) is 5.02 Å². The Morgan fingerprint density at radius 3 is 2.56 bits per heavy atom. The zero-order valence-electron chi connectivity index (χ0n) is 21.0. The van der Waals surface area contributed by atoms with Crippen LogP contribution in [0.5, 0.6) is 0 Å². The van der Waals surface area contributed by atoms with E-state index < -0.39 is 37.2 Å². The van der Waals surface area contributed by atoms with Gasteiger partial charge in [-0.3, -0.25) is 4.68 Å². The van der Waals surface area contributed by atoms with Gasteiger partial charge in [-0.2, -0.15) is 23.7 Å². The van der Waals surface area contributed by atoms with E-state index in [1.807, 2.05) is 0 Å². The maximum atomic E-state index is 15.3. The smallest absolute Gasteiger partial charge is 0.345 e. The van der Waals surface area contributed by atoms with Gasteiger partial charge in [-0.1, -0.05) is 16.8 Å². The molecule has 0 saturated heterocycles. The van der Waals surface area contributed by atoms with Crippen molar-refractivity contribution in [2.24, 2.45) is 0 Å². The van der Waals surface area contributed by atoms with Crippen molar-refractivity contribution in [1.29, 1.82) is 0 Å². The van der Waals surface area contributed by atoms with E-state index in [4.69, 9.17) is 11.6 Å². The molecule has 0 radical (unpaired) electrons. The summed E-state index contributed by atoms with van der Waals surface area (Å²) in [5.74, 6) is -0.413. The summed E-state index contributed by atoms with van der Waals surface area (Å²) in [6.07, 6.45) is 3.47. The first-order valence-electron chi connectivity index (χ1n) is 11.9. The third-order valence-corrected chi connectivity index (χ3v) is 6.33. The summed E-state index contributed by atoms with van der Waals surface area (Å²) in [7, 11) is 0. The van der Waals surface area contributed by atoms with Gasteiger partial charge >= 0.3 is 6.61 Å². The summed E-state index contributed by atoms with van der Waals surface area (Å²) in [6, 6.07) is 4.44. The molecule has 1 aromatic carbocycles. The number of hydrogen-bond acceptors (Lipinski definition) is 7. The van der Waals surface area contributed by atoms with Crippen molar-refractivity contribution in [3.63, 3.8) is 0 Å². The van der Waals surface area contributed by atoms with Crippen LogP contribution < -0.4 is 4.73 Å². The van der Waals surface area contributed by atoms with Crippen molar-refractivity contribution in [2.45, 2.75) is 32.4 Å². The number of hydrogen-bond donors (Lipinski definition) is 0. The SMILES string of the molecule is Cc1ncn(-c2cnn([C@H](CCOC(F)F)c3ccc(-c4c(-n5cc(C(F)F)nn5)ccc(Cl)c4F)c[n+]3[O-])c2)n1. The van der Waals surface area contributed by atoms with Gasteiger partial charge in [-0.25, -0.2) is 27.5 Å². The molecule has 0 spiro atoms. The predicted octanol–water partition coefficient (Wildman–Crippen LogP) is 4.60. The van der Waals surface area contributed by atoms with Crippen LogP contribution >= 0.6 is 11.6 Å². The molecule has 4 aromatic heterocycles. The molecule has 11 nitrogen and oxygen atoms in total. The Morgan fingerprint density at radius 1 is 1.10 bits per heavy atom. The molecule has 0 aliphatic rings. The molecule has 5 aromatic rings. The molecule has 0 bridgehead atoms. The summed E-state index contributed by atoms with van der Waals surface area (Å²) in [5.41, 5.74) is -0.216. The molecule has 17 heteroatoms. The second-order valence-corrected chi connectivity index (χ2v) is 9.07. The van der Waals surface area contributed by atoms with Gasteiger partial charge in [0.25, 0.3) is 6.43 Å². The highest BCUT2D eigenvalue weighted by Crippen LogP contribution is 2.34. The lowest BCUT2D eigenvalue weighted by Gasteiger charge is -2.18. The molecule has 41 heavy (non-hydrogen) atoms. The van der Waals surface area contributed by atoms with E-state index in [-0.39, 0.29) is 34.0 Å². The Hall–Kier alpha value is -4.44. The number of ether oxygens (including phenoxy) is 1. The Bertz CT molecular complexity index is 1670. The molecule has 1 atom stereocenters. The zero-order valence-corrected chi connectivity index (χ0v) is 21.7. The van der Waals surface area contributed by atoms with Crippen molar-refractivity contribution in [3.8, 4) is 22.5 Å². The van der Waals surface area contributed by atoms with E-state index in [0.717, 1.165) is 17.1 Å². The molecule has 0 N–H and O–H groups in total. The van der Waals surface area contributed by atoms with E-state index in [2.05, 4.69) is 30.2 Å². The van der Waals surface area contributed by atoms with Crippen molar-refractivity contribution in [1.82, 2.24) is 39.5 Å². The minimum Gasteiger partial charge on any atom is -0.618 e. The number of rotatable bonds is 10. The van der Waals surface area contributed by atoms with Gasteiger partial charge in [0.1, 0.15) is 29.6 Å². The van der Waals surface area contributed by atoms with Crippen LogP contribution in [0.1, 0.15) is 36.1 Å². The van der Waals surface area contributed by atoms with Crippen LogP contribution in [0.3, 0.4) is 0 Å². The molecule has 4 heterocycles. The Kier molecular flexibility index (Phi) is 7.94. The highest BCUT2D eigenvalue weighted by molar-refractivity contribution is 6.31. The average Bonchev–Trinajstić information content (AvgIpc) is 3.69. The van der Waals surface area contributed by atoms with Crippen LogP contribution in [0, 0.1) is 17.9 Å². The van der Waals surface area contributed by atoms with Gasteiger partial charge in [-0.05, 0) is 25.1 Å². The molecule has 214 valence electrons. The Balaban J connectivity index is 1.54. The van der Waals surface area contributed by atoms with E-state index in [1.165, 1.54) is 46.2 Å². The fourth-order valence-corrected chi connectivity index (χ4v) is 4.33. The molecule has 0 unspecified atom stereocenters. The lowest BCUT2D eigenvalue weighted by atomic mass is 10.0. The number of aromatic nitrogens is 9. The number of pyridine rings is 1. The summed E-state index contributed by atoms with van der Waals surface area (Å²) < 4.78 is 75.5. The number of nitrogens with zero attached hydrogens (tertiary/aromatic N) is 9. The lowest BCUT2D eigenvalue weighted by Crippen LogP contribution is -2.36. The topological polar surface area (TPSA) is 115 Å². The molecule has 0 amide bonds. The Labute approximate surface area is 233 Å². The fourth-order valence-electron chi connectivity index (χ4n) is 4.17. The minimum atomic E-state index is -3.02. The summed E-state index contributed by atoms with van der Waals surface area (Å²) in [4.78, 5) is 4.05. The molecule has 0 aliphatic heterocycles. The summed E-state index contributed by atoms with van der Waals surface area (Å²) >= 11 is 5.99. The van der Waals surface area contributed by atoms with Gasteiger partial charge in [0.15, 0.2) is 12.0 Å². The van der Waals surface area contributed by atoms with Crippen molar-refractivity contribution in [2.75, 3.05) is 6.61 Å². The van der Waals surface area contributed by atoms with Gasteiger partial charge < -0.3 is 9.94 Å². The summed E-state index contributed by atoms with van der Waals surface area (Å²) in [5, 5.41) is 28.5. The van der Waals surface area contributed by atoms with E-state index in [9.17, 15) is 22.8 Å². The van der Waals surface area contributed by atoms with E-state index in [1.54, 1.807) is 13.1 Å². The summed E-state index contributed by atoms with van der Waals surface area (Å²) in [6.45, 7) is -1.73. The first-order chi connectivity index (χ1) is 19.6. The van der Waals surface area contributed by atoms with Gasteiger partial charge in [0.05, 0.1) is 47.0 Å². The highest BCUT2D eigenvalue weighted by Gasteiger charge is 2.27. The van der Waals surface area contributed by atoms with Crippen molar-refractivity contribution in [3.05, 3.63) is 88.6 Å². The average molecular weight is 596 g/mol. The number of aryl methyl sites for hydroxylation is 1. The van der Waals surface area contributed by atoms with Crippen LogP contribution in [0.4, 0.5) is 22.0 Å². The maximum absolute atomic E-state index is 15.3. The fraction of sp³-hybridized carbons (Fsp3) is 0.250. The molecule has 0 fully saturated rings. The minimum absolute atomic E-state index is 0.000719. The maximum Gasteiger partial charge on any atom is 0.345 e. The number of benzene rings is 1. The molecule has 0 aliphatic carbocycles. The van der Waals surface area contributed by atoms with Gasteiger partial charge in [0, 0.05) is 12.5 Å². The van der Waals surface area contributed by atoms with Crippen LogP contribution in [-0.4, -0.2) is 52.8 Å². The third-order valence-electron chi connectivity index (χ3n) is 6.04.